The molecule has 0 radical (unpaired) electrons. The zero-order valence-corrected chi connectivity index (χ0v) is 9.90. The van der Waals surface area contributed by atoms with Crippen molar-refractivity contribution in [3.8, 4) is 0 Å². The Morgan fingerprint density at radius 1 is 1.00 bits per heavy atom. The van der Waals surface area contributed by atoms with Crippen molar-refractivity contribution in [2.45, 2.75) is 46.6 Å². The van der Waals surface area contributed by atoms with Crippen LogP contribution in [-0.2, 0) is 0 Å². The van der Waals surface area contributed by atoms with Crippen LogP contribution in [-0.4, -0.2) is 11.2 Å². The van der Waals surface area contributed by atoms with Crippen LogP contribution in [0.2, 0.25) is 0 Å². The maximum atomic E-state index is 10.1. The SMILES string of the molecule is CC(C)C1CC2CC1C(C(C)C)C2O. The minimum absolute atomic E-state index is 0.00926. The summed E-state index contributed by atoms with van der Waals surface area (Å²) in [7, 11) is 0. The van der Waals surface area contributed by atoms with E-state index < -0.39 is 0 Å². The highest BCUT2D eigenvalue weighted by molar-refractivity contribution is 5.02. The molecule has 5 atom stereocenters. The van der Waals surface area contributed by atoms with Crippen LogP contribution in [0.25, 0.3) is 0 Å². The van der Waals surface area contributed by atoms with E-state index in [2.05, 4.69) is 27.7 Å². The smallest absolute Gasteiger partial charge is 0.0601 e. The molecule has 0 saturated heterocycles. The summed E-state index contributed by atoms with van der Waals surface area (Å²) in [5.41, 5.74) is 0. The molecule has 2 aliphatic rings. The van der Waals surface area contributed by atoms with Gasteiger partial charge < -0.3 is 5.11 Å². The number of aliphatic hydroxyl groups is 1. The Bertz CT molecular complexity index is 209. The first kappa shape index (κ1) is 10.5. The molecule has 2 aliphatic carbocycles. The maximum Gasteiger partial charge on any atom is 0.0601 e. The lowest BCUT2D eigenvalue weighted by molar-refractivity contribution is 0.00564. The van der Waals surface area contributed by atoms with E-state index in [-0.39, 0.29) is 6.10 Å². The van der Waals surface area contributed by atoms with Crippen molar-refractivity contribution >= 4 is 0 Å². The summed E-state index contributed by atoms with van der Waals surface area (Å²) in [5.74, 6) is 4.37. The average Bonchev–Trinajstić information content (AvgIpc) is 2.59. The lowest BCUT2D eigenvalue weighted by Gasteiger charge is -2.37. The molecule has 1 nitrogen and oxygen atoms in total. The number of hydrogen-bond donors (Lipinski definition) is 1. The molecule has 5 unspecified atom stereocenters. The van der Waals surface area contributed by atoms with Crippen LogP contribution < -0.4 is 0 Å². The number of hydrogen-bond acceptors (Lipinski definition) is 1. The summed E-state index contributed by atoms with van der Waals surface area (Å²) in [6, 6.07) is 0. The van der Waals surface area contributed by atoms with Gasteiger partial charge in [-0.3, -0.25) is 0 Å². The van der Waals surface area contributed by atoms with Gasteiger partial charge in [-0.15, -0.1) is 0 Å². The van der Waals surface area contributed by atoms with E-state index in [1.165, 1.54) is 12.8 Å². The standard InChI is InChI=1S/C13H24O/c1-7(2)10-5-9-6-11(10)12(8(3)4)13(9)14/h7-14H,5-6H2,1-4H3. The minimum Gasteiger partial charge on any atom is -0.393 e. The van der Waals surface area contributed by atoms with Crippen molar-refractivity contribution in [3.63, 3.8) is 0 Å². The molecule has 2 bridgehead atoms. The molecule has 0 spiro atoms. The third-order valence-electron chi connectivity index (χ3n) is 4.70. The van der Waals surface area contributed by atoms with Crippen molar-refractivity contribution in [2.75, 3.05) is 0 Å². The Labute approximate surface area is 87.9 Å². The summed E-state index contributed by atoms with van der Waals surface area (Å²) in [4.78, 5) is 0. The quantitative estimate of drug-likeness (QED) is 0.720. The van der Waals surface area contributed by atoms with E-state index in [0.717, 1.165) is 17.8 Å². The topological polar surface area (TPSA) is 20.2 Å². The molecule has 0 aromatic rings. The van der Waals surface area contributed by atoms with Crippen LogP contribution in [0.3, 0.4) is 0 Å². The third kappa shape index (κ3) is 1.41. The highest BCUT2D eigenvalue weighted by Crippen LogP contribution is 2.56. The fourth-order valence-electron chi connectivity index (χ4n) is 4.09. The first-order chi connectivity index (χ1) is 6.52. The molecule has 0 amide bonds. The van der Waals surface area contributed by atoms with Gasteiger partial charge in [0.2, 0.25) is 0 Å². The number of fused-ring (bicyclic) bond motifs is 2. The van der Waals surface area contributed by atoms with Gasteiger partial charge in [-0.2, -0.15) is 0 Å². The second-order valence-electron chi connectivity index (χ2n) is 6.12. The first-order valence-corrected chi connectivity index (χ1v) is 6.20. The molecule has 0 aliphatic heterocycles. The number of aliphatic hydroxyl groups excluding tert-OH is 1. The molecule has 0 aromatic heterocycles. The lowest BCUT2D eigenvalue weighted by Crippen LogP contribution is -2.36. The van der Waals surface area contributed by atoms with Gasteiger partial charge in [0.1, 0.15) is 0 Å². The molecule has 82 valence electrons. The lowest BCUT2D eigenvalue weighted by atomic mass is 9.70. The number of rotatable bonds is 2. The van der Waals surface area contributed by atoms with Crippen LogP contribution in [0.15, 0.2) is 0 Å². The van der Waals surface area contributed by atoms with E-state index >= 15 is 0 Å². The van der Waals surface area contributed by atoms with Crippen LogP contribution in [0.4, 0.5) is 0 Å². The zero-order valence-electron chi connectivity index (χ0n) is 9.90. The molecule has 2 fully saturated rings. The highest BCUT2D eigenvalue weighted by Gasteiger charge is 2.53. The fraction of sp³-hybridized carbons (Fsp3) is 1.00. The van der Waals surface area contributed by atoms with Crippen molar-refractivity contribution in [2.24, 2.45) is 35.5 Å². The fourth-order valence-corrected chi connectivity index (χ4v) is 4.09. The average molecular weight is 196 g/mol. The van der Waals surface area contributed by atoms with Crippen molar-refractivity contribution in [1.29, 1.82) is 0 Å². The second-order valence-corrected chi connectivity index (χ2v) is 6.12. The minimum atomic E-state index is 0.00926. The van der Waals surface area contributed by atoms with E-state index in [4.69, 9.17) is 0 Å². The van der Waals surface area contributed by atoms with Gasteiger partial charge in [0, 0.05) is 0 Å². The Hall–Kier alpha value is -0.0400. The predicted molar refractivity (Wildman–Crippen MR) is 58.9 cm³/mol. The van der Waals surface area contributed by atoms with Crippen molar-refractivity contribution in [3.05, 3.63) is 0 Å². The molecular weight excluding hydrogens is 172 g/mol. The Morgan fingerprint density at radius 3 is 2.07 bits per heavy atom. The van der Waals surface area contributed by atoms with E-state index in [0.29, 0.717) is 17.8 Å². The first-order valence-electron chi connectivity index (χ1n) is 6.20. The van der Waals surface area contributed by atoms with Gasteiger partial charge in [0.05, 0.1) is 6.10 Å². The van der Waals surface area contributed by atoms with Crippen molar-refractivity contribution < 1.29 is 5.11 Å². The molecule has 1 heteroatoms. The third-order valence-corrected chi connectivity index (χ3v) is 4.70. The maximum absolute atomic E-state index is 10.1. The summed E-state index contributed by atoms with van der Waals surface area (Å²) >= 11 is 0. The van der Waals surface area contributed by atoms with Gasteiger partial charge in [-0.1, -0.05) is 27.7 Å². The molecule has 14 heavy (non-hydrogen) atoms. The van der Waals surface area contributed by atoms with E-state index in [1.54, 1.807) is 0 Å². The summed E-state index contributed by atoms with van der Waals surface area (Å²) in [6.07, 6.45) is 2.59. The summed E-state index contributed by atoms with van der Waals surface area (Å²) < 4.78 is 0. The van der Waals surface area contributed by atoms with Gasteiger partial charge in [-0.25, -0.2) is 0 Å². The van der Waals surface area contributed by atoms with Crippen LogP contribution in [0.5, 0.6) is 0 Å². The molecule has 0 aromatic carbocycles. The molecule has 0 heterocycles. The largest absolute Gasteiger partial charge is 0.393 e. The van der Waals surface area contributed by atoms with E-state index in [1.807, 2.05) is 0 Å². The molecule has 2 rings (SSSR count). The normalized spacial score (nSPS) is 46.9. The highest BCUT2D eigenvalue weighted by atomic mass is 16.3. The summed E-state index contributed by atoms with van der Waals surface area (Å²) in [6.45, 7) is 9.22. The summed E-state index contributed by atoms with van der Waals surface area (Å²) in [5, 5.41) is 10.1. The second kappa shape index (κ2) is 3.52. The Morgan fingerprint density at radius 2 is 1.64 bits per heavy atom. The zero-order chi connectivity index (χ0) is 10.5. The van der Waals surface area contributed by atoms with Crippen LogP contribution in [0, 0.1) is 35.5 Å². The molecule has 2 saturated carbocycles. The Balaban J connectivity index is 2.14. The van der Waals surface area contributed by atoms with Gasteiger partial charge in [0.25, 0.3) is 0 Å². The molecule has 1 N–H and O–H groups in total. The van der Waals surface area contributed by atoms with Gasteiger partial charge in [-0.05, 0) is 48.3 Å². The van der Waals surface area contributed by atoms with Gasteiger partial charge >= 0.3 is 0 Å². The molecular formula is C13H24O. The van der Waals surface area contributed by atoms with Crippen LogP contribution in [0.1, 0.15) is 40.5 Å². The monoisotopic (exact) mass is 196 g/mol. The van der Waals surface area contributed by atoms with Gasteiger partial charge in [0.15, 0.2) is 0 Å². The van der Waals surface area contributed by atoms with Crippen LogP contribution >= 0.6 is 0 Å². The van der Waals surface area contributed by atoms with E-state index in [9.17, 15) is 5.11 Å². The predicted octanol–water partition coefficient (Wildman–Crippen LogP) is 2.93. The Kier molecular flexibility index (Phi) is 2.63. The van der Waals surface area contributed by atoms with Crippen molar-refractivity contribution in [1.82, 2.24) is 0 Å².